The average molecular weight is 375 g/mol. The molecule has 1 aliphatic heterocycles. The third-order valence-corrected chi connectivity index (χ3v) is 5.95. The lowest BCUT2D eigenvalue weighted by Crippen LogP contribution is -2.34. The van der Waals surface area contributed by atoms with Gasteiger partial charge in [-0.15, -0.1) is 0 Å². The zero-order valence-corrected chi connectivity index (χ0v) is 14.5. The number of carbonyl (C=O) groups excluding carboxylic acids is 1. The molecule has 0 fully saturated rings. The molecule has 2 aromatic rings. The maximum absolute atomic E-state index is 12.3. The molecule has 0 spiro atoms. The highest BCUT2D eigenvalue weighted by Crippen LogP contribution is 2.33. The molecule has 8 heteroatoms. The van der Waals surface area contributed by atoms with Crippen molar-refractivity contribution in [3.8, 4) is 0 Å². The molecular weight excluding hydrogens is 358 g/mol. The van der Waals surface area contributed by atoms with Gasteiger partial charge in [0.05, 0.1) is 22.3 Å². The summed E-state index contributed by atoms with van der Waals surface area (Å²) in [6, 6.07) is 12.5. The minimum atomic E-state index is -3.58. The topological polar surface area (TPSA) is 110 Å². The Morgan fingerprint density at radius 1 is 1.15 bits per heavy atom. The Labute approximate surface area is 150 Å². The highest BCUT2D eigenvalue weighted by molar-refractivity contribution is 7.91. The molecular formula is C18H17NO6S. The van der Waals surface area contributed by atoms with E-state index in [4.69, 9.17) is 9.84 Å². The molecule has 0 radical (unpaired) electrons. The fourth-order valence-electron chi connectivity index (χ4n) is 2.82. The molecule has 0 saturated heterocycles. The van der Waals surface area contributed by atoms with Crippen LogP contribution in [0.15, 0.2) is 53.4 Å². The van der Waals surface area contributed by atoms with Crippen molar-refractivity contribution in [1.29, 1.82) is 0 Å². The number of alkyl carbamates (subject to hydrolysis) is 1. The maximum atomic E-state index is 12.3. The number of amides is 1. The Kier molecular flexibility index (Phi) is 4.94. The summed E-state index contributed by atoms with van der Waals surface area (Å²) in [4.78, 5) is 23.1. The van der Waals surface area contributed by atoms with Crippen molar-refractivity contribution in [2.75, 3.05) is 5.75 Å². The molecule has 3 rings (SSSR count). The van der Waals surface area contributed by atoms with E-state index < -0.39 is 27.9 Å². The lowest BCUT2D eigenvalue weighted by Gasteiger charge is -2.26. The number of fused-ring (bicyclic) bond motifs is 1. The van der Waals surface area contributed by atoms with Crippen molar-refractivity contribution in [3.63, 3.8) is 0 Å². The van der Waals surface area contributed by atoms with Gasteiger partial charge >= 0.3 is 12.1 Å². The van der Waals surface area contributed by atoms with Gasteiger partial charge in [0.25, 0.3) is 0 Å². The van der Waals surface area contributed by atoms with Crippen LogP contribution in [0.5, 0.6) is 0 Å². The number of carboxylic acid groups (broad SMARTS) is 1. The highest BCUT2D eigenvalue weighted by atomic mass is 32.2. The molecule has 0 saturated carbocycles. The normalized spacial score (nSPS) is 17.8. The zero-order chi connectivity index (χ0) is 18.7. The second kappa shape index (κ2) is 7.17. The smallest absolute Gasteiger partial charge is 0.407 e. The number of benzene rings is 2. The quantitative estimate of drug-likeness (QED) is 0.850. The van der Waals surface area contributed by atoms with Crippen molar-refractivity contribution in [1.82, 2.24) is 5.32 Å². The molecule has 1 amide bonds. The molecule has 7 nitrogen and oxygen atoms in total. The summed E-state index contributed by atoms with van der Waals surface area (Å²) in [5.74, 6) is -1.38. The molecule has 0 unspecified atom stereocenters. The Morgan fingerprint density at radius 3 is 2.58 bits per heavy atom. The number of nitrogens with one attached hydrogen (secondary N) is 1. The Bertz CT molecular complexity index is 939. The number of rotatable bonds is 4. The second-order valence-electron chi connectivity index (χ2n) is 5.92. The van der Waals surface area contributed by atoms with Crippen molar-refractivity contribution < 1.29 is 27.9 Å². The minimum absolute atomic E-state index is 0.0583. The van der Waals surface area contributed by atoms with Crippen molar-refractivity contribution in [2.45, 2.75) is 24.0 Å². The fourth-order valence-corrected chi connectivity index (χ4v) is 4.46. The third kappa shape index (κ3) is 3.85. The molecule has 1 atom stereocenters. The lowest BCUT2D eigenvalue weighted by molar-refractivity contribution is 0.0696. The van der Waals surface area contributed by atoms with Crippen LogP contribution in [0.2, 0.25) is 0 Å². The summed E-state index contributed by atoms with van der Waals surface area (Å²) in [6.07, 6.45) is -0.464. The van der Waals surface area contributed by atoms with Gasteiger partial charge in [-0.25, -0.2) is 18.0 Å². The Hall–Kier alpha value is -2.87. The van der Waals surface area contributed by atoms with E-state index >= 15 is 0 Å². The first-order valence-corrected chi connectivity index (χ1v) is 9.59. The van der Waals surface area contributed by atoms with E-state index in [0.717, 1.165) is 11.6 Å². The number of sulfone groups is 1. The summed E-state index contributed by atoms with van der Waals surface area (Å²) in [7, 11) is -3.58. The molecule has 2 N–H and O–H groups in total. The lowest BCUT2D eigenvalue weighted by atomic mass is 10.0. The van der Waals surface area contributed by atoms with Gasteiger partial charge in [0.15, 0.2) is 9.84 Å². The summed E-state index contributed by atoms with van der Waals surface area (Å²) in [6.45, 7) is 0.0997. The fraction of sp³-hybridized carbons (Fsp3) is 0.222. The Balaban J connectivity index is 1.75. The van der Waals surface area contributed by atoms with E-state index in [0.29, 0.717) is 5.56 Å². The van der Waals surface area contributed by atoms with E-state index in [1.54, 1.807) is 0 Å². The molecule has 0 aliphatic carbocycles. The van der Waals surface area contributed by atoms with Crippen LogP contribution in [0.4, 0.5) is 4.79 Å². The van der Waals surface area contributed by atoms with Crippen LogP contribution in [0.25, 0.3) is 0 Å². The van der Waals surface area contributed by atoms with E-state index in [1.807, 2.05) is 30.3 Å². The molecule has 0 aromatic heterocycles. The first-order valence-electron chi connectivity index (χ1n) is 7.94. The predicted molar refractivity (Wildman–Crippen MR) is 92.6 cm³/mol. The van der Waals surface area contributed by atoms with Crippen LogP contribution < -0.4 is 5.32 Å². The number of hydrogen-bond donors (Lipinski definition) is 2. The van der Waals surface area contributed by atoms with Gasteiger partial charge in [0.2, 0.25) is 0 Å². The predicted octanol–water partition coefficient (Wildman–Crippen LogP) is 2.53. The van der Waals surface area contributed by atoms with Crippen LogP contribution in [-0.2, 0) is 21.2 Å². The van der Waals surface area contributed by atoms with Crippen LogP contribution in [-0.4, -0.2) is 31.3 Å². The molecule has 26 heavy (non-hydrogen) atoms. The van der Waals surface area contributed by atoms with Gasteiger partial charge in [-0.3, -0.25) is 0 Å². The standard InChI is InChI=1S/C18H17NO6S/c20-17(21)13-6-7-14-15(8-9-26(23,24)16(14)10-13)19-18(22)25-11-12-4-2-1-3-5-12/h1-7,10,15H,8-9,11H2,(H,19,22)(H,20,21)/t15-/m0/s1. The number of carboxylic acids is 1. The third-order valence-electron chi connectivity index (χ3n) is 4.15. The van der Waals surface area contributed by atoms with Gasteiger partial charge in [-0.1, -0.05) is 36.4 Å². The van der Waals surface area contributed by atoms with Gasteiger partial charge in [-0.2, -0.15) is 0 Å². The maximum Gasteiger partial charge on any atom is 0.407 e. The number of hydrogen-bond acceptors (Lipinski definition) is 5. The molecule has 136 valence electrons. The molecule has 2 aromatic carbocycles. The van der Waals surface area contributed by atoms with Crippen LogP contribution >= 0.6 is 0 Å². The van der Waals surface area contributed by atoms with Crippen molar-refractivity contribution >= 4 is 21.9 Å². The number of carbonyl (C=O) groups is 2. The number of aromatic carboxylic acids is 1. The minimum Gasteiger partial charge on any atom is -0.478 e. The van der Waals surface area contributed by atoms with E-state index in [2.05, 4.69) is 5.32 Å². The van der Waals surface area contributed by atoms with Crippen molar-refractivity contribution in [3.05, 3.63) is 65.2 Å². The van der Waals surface area contributed by atoms with E-state index in [9.17, 15) is 18.0 Å². The average Bonchev–Trinajstić information content (AvgIpc) is 2.63. The monoisotopic (exact) mass is 375 g/mol. The van der Waals surface area contributed by atoms with Gasteiger partial charge in [0, 0.05) is 0 Å². The van der Waals surface area contributed by atoms with Crippen LogP contribution in [0.1, 0.15) is 33.9 Å². The Morgan fingerprint density at radius 2 is 1.88 bits per heavy atom. The van der Waals surface area contributed by atoms with Crippen molar-refractivity contribution in [2.24, 2.45) is 0 Å². The molecule has 0 bridgehead atoms. The summed E-state index contributed by atoms with van der Waals surface area (Å²) < 4.78 is 29.7. The van der Waals surface area contributed by atoms with Gasteiger partial charge in [0.1, 0.15) is 6.61 Å². The summed E-state index contributed by atoms with van der Waals surface area (Å²) >= 11 is 0. The zero-order valence-electron chi connectivity index (χ0n) is 13.7. The highest BCUT2D eigenvalue weighted by Gasteiger charge is 2.32. The second-order valence-corrected chi connectivity index (χ2v) is 8.00. The largest absolute Gasteiger partial charge is 0.478 e. The summed E-state index contributed by atoms with van der Waals surface area (Å²) in [5, 5.41) is 11.7. The van der Waals surface area contributed by atoms with Crippen LogP contribution in [0, 0.1) is 0 Å². The molecule has 1 aliphatic rings. The van der Waals surface area contributed by atoms with E-state index in [-0.39, 0.29) is 29.2 Å². The summed E-state index contributed by atoms with van der Waals surface area (Å²) in [5.41, 5.74) is 1.10. The number of ether oxygens (including phenoxy) is 1. The SMILES string of the molecule is O=C(N[C@H]1CCS(=O)(=O)c2cc(C(=O)O)ccc21)OCc1ccccc1. The first-order chi connectivity index (χ1) is 12.4. The van der Waals surface area contributed by atoms with E-state index in [1.165, 1.54) is 12.1 Å². The first kappa shape index (κ1) is 17.9. The molecule has 1 heterocycles. The van der Waals surface area contributed by atoms with Crippen LogP contribution in [0.3, 0.4) is 0 Å². The van der Waals surface area contributed by atoms with Gasteiger partial charge in [-0.05, 0) is 29.7 Å². The van der Waals surface area contributed by atoms with Gasteiger partial charge < -0.3 is 15.2 Å².